The van der Waals surface area contributed by atoms with Crippen molar-refractivity contribution in [2.45, 2.75) is 6.92 Å². The maximum Gasteiger partial charge on any atom is 0.0136 e. The molecule has 80 valence electrons. The van der Waals surface area contributed by atoms with E-state index in [0.29, 0.717) is 0 Å². The summed E-state index contributed by atoms with van der Waals surface area (Å²) >= 11 is 2.33. The molecular formula is C15H13I. The molecule has 2 rings (SSSR count). The summed E-state index contributed by atoms with van der Waals surface area (Å²) in [6, 6.07) is 16.9. The third-order valence-corrected chi connectivity index (χ3v) is 3.16. The van der Waals surface area contributed by atoms with Gasteiger partial charge in [0, 0.05) is 3.57 Å². The van der Waals surface area contributed by atoms with Crippen LogP contribution >= 0.6 is 22.6 Å². The van der Waals surface area contributed by atoms with Crippen LogP contribution in [-0.4, -0.2) is 0 Å². The Morgan fingerprint density at radius 3 is 2.50 bits per heavy atom. The van der Waals surface area contributed by atoms with Gasteiger partial charge in [-0.25, -0.2) is 0 Å². The molecule has 16 heavy (non-hydrogen) atoms. The van der Waals surface area contributed by atoms with Crippen LogP contribution in [0.1, 0.15) is 16.7 Å². The van der Waals surface area contributed by atoms with Gasteiger partial charge in [0.05, 0.1) is 0 Å². The Hall–Kier alpha value is -1.09. The lowest BCUT2D eigenvalue weighted by Gasteiger charge is -1.99. The zero-order valence-corrected chi connectivity index (χ0v) is 11.3. The average Bonchev–Trinajstić information content (AvgIpc) is 2.28. The molecule has 0 bridgehead atoms. The fourth-order valence-electron chi connectivity index (χ4n) is 1.57. The Morgan fingerprint density at radius 2 is 1.75 bits per heavy atom. The van der Waals surface area contributed by atoms with E-state index in [1.54, 1.807) is 0 Å². The lowest BCUT2D eigenvalue weighted by Crippen LogP contribution is -1.78. The van der Waals surface area contributed by atoms with Crippen LogP contribution in [0.2, 0.25) is 0 Å². The van der Waals surface area contributed by atoms with Crippen LogP contribution in [0.4, 0.5) is 0 Å². The molecule has 0 nitrogen and oxygen atoms in total. The predicted molar refractivity (Wildman–Crippen MR) is 79.3 cm³/mol. The number of rotatable bonds is 2. The van der Waals surface area contributed by atoms with E-state index in [1.165, 1.54) is 20.3 Å². The largest absolute Gasteiger partial charge is 0.0620 e. The lowest BCUT2D eigenvalue weighted by atomic mass is 10.1. The number of hydrogen-bond acceptors (Lipinski definition) is 0. The van der Waals surface area contributed by atoms with Gasteiger partial charge in [0.15, 0.2) is 0 Å². The summed E-state index contributed by atoms with van der Waals surface area (Å²) in [5.41, 5.74) is 3.83. The Balaban J connectivity index is 2.25. The minimum Gasteiger partial charge on any atom is -0.0620 e. The first-order chi connectivity index (χ1) is 7.75. The van der Waals surface area contributed by atoms with Gasteiger partial charge in [0.1, 0.15) is 0 Å². The molecule has 0 aromatic heterocycles. The molecule has 2 aromatic rings. The van der Waals surface area contributed by atoms with Crippen molar-refractivity contribution < 1.29 is 0 Å². The minimum absolute atomic E-state index is 1.25. The van der Waals surface area contributed by atoms with Gasteiger partial charge in [-0.1, -0.05) is 48.6 Å². The monoisotopic (exact) mass is 320 g/mol. The van der Waals surface area contributed by atoms with Crippen molar-refractivity contribution in [2.24, 2.45) is 0 Å². The highest BCUT2D eigenvalue weighted by Gasteiger charge is 1.92. The van der Waals surface area contributed by atoms with Crippen molar-refractivity contribution in [1.82, 2.24) is 0 Å². The molecule has 0 N–H and O–H groups in total. The van der Waals surface area contributed by atoms with Crippen LogP contribution in [0.25, 0.3) is 12.2 Å². The molecule has 0 amide bonds. The van der Waals surface area contributed by atoms with Crippen molar-refractivity contribution in [3.8, 4) is 0 Å². The van der Waals surface area contributed by atoms with E-state index in [4.69, 9.17) is 0 Å². The predicted octanol–water partition coefficient (Wildman–Crippen LogP) is 4.77. The SMILES string of the molecule is Cc1ccccc1C=Cc1cccc(I)c1. The minimum atomic E-state index is 1.25. The molecule has 1 heteroatoms. The third-order valence-electron chi connectivity index (χ3n) is 2.49. The number of benzene rings is 2. The highest BCUT2D eigenvalue weighted by Crippen LogP contribution is 2.13. The molecule has 2 aromatic carbocycles. The van der Waals surface area contributed by atoms with Crippen molar-refractivity contribution in [1.29, 1.82) is 0 Å². The third kappa shape index (κ3) is 2.95. The molecule has 0 radical (unpaired) electrons. The van der Waals surface area contributed by atoms with Crippen molar-refractivity contribution in [3.63, 3.8) is 0 Å². The summed E-state index contributed by atoms with van der Waals surface area (Å²) in [5.74, 6) is 0. The van der Waals surface area contributed by atoms with Gasteiger partial charge in [-0.15, -0.1) is 0 Å². The van der Waals surface area contributed by atoms with Gasteiger partial charge in [0.25, 0.3) is 0 Å². The van der Waals surface area contributed by atoms with Crippen molar-refractivity contribution >= 4 is 34.7 Å². The molecule has 0 spiro atoms. The van der Waals surface area contributed by atoms with E-state index >= 15 is 0 Å². The van der Waals surface area contributed by atoms with Gasteiger partial charge in [-0.3, -0.25) is 0 Å². The maximum absolute atomic E-state index is 2.33. The molecule has 0 saturated heterocycles. The molecule has 0 aliphatic heterocycles. The summed E-state index contributed by atoms with van der Waals surface area (Å²) < 4.78 is 1.27. The molecular weight excluding hydrogens is 307 g/mol. The standard InChI is InChI=1S/C15H13I/c1-12-5-2-3-7-14(12)10-9-13-6-4-8-15(16)11-13/h2-11H,1H3. The van der Waals surface area contributed by atoms with Gasteiger partial charge < -0.3 is 0 Å². The Labute approximate surface area is 110 Å². The van der Waals surface area contributed by atoms with Gasteiger partial charge in [0.2, 0.25) is 0 Å². The number of halogens is 1. The van der Waals surface area contributed by atoms with Gasteiger partial charge in [-0.2, -0.15) is 0 Å². The van der Waals surface area contributed by atoms with E-state index < -0.39 is 0 Å². The molecule has 0 aliphatic carbocycles. The zero-order valence-electron chi connectivity index (χ0n) is 9.15. The van der Waals surface area contributed by atoms with E-state index in [-0.39, 0.29) is 0 Å². The Bertz CT molecular complexity index is 512. The number of hydrogen-bond donors (Lipinski definition) is 0. The van der Waals surface area contributed by atoms with E-state index in [0.717, 1.165) is 0 Å². The lowest BCUT2D eigenvalue weighted by molar-refractivity contribution is 1.45. The second kappa shape index (κ2) is 5.30. The van der Waals surface area contributed by atoms with E-state index in [9.17, 15) is 0 Å². The molecule has 0 unspecified atom stereocenters. The highest BCUT2D eigenvalue weighted by molar-refractivity contribution is 14.1. The summed E-state index contributed by atoms with van der Waals surface area (Å²) in [5, 5.41) is 0. The quantitative estimate of drug-likeness (QED) is 0.552. The Morgan fingerprint density at radius 1 is 0.938 bits per heavy atom. The summed E-state index contributed by atoms with van der Waals surface area (Å²) in [7, 11) is 0. The molecule has 0 atom stereocenters. The van der Waals surface area contributed by atoms with E-state index in [2.05, 4.69) is 90.2 Å². The fourth-order valence-corrected chi connectivity index (χ4v) is 2.14. The van der Waals surface area contributed by atoms with Gasteiger partial charge in [-0.05, 0) is 58.3 Å². The summed E-state index contributed by atoms with van der Waals surface area (Å²) in [6.07, 6.45) is 4.32. The second-order valence-corrected chi connectivity index (χ2v) is 4.99. The average molecular weight is 320 g/mol. The van der Waals surface area contributed by atoms with Crippen molar-refractivity contribution in [2.75, 3.05) is 0 Å². The highest BCUT2D eigenvalue weighted by atomic mass is 127. The smallest absolute Gasteiger partial charge is 0.0136 e. The van der Waals surface area contributed by atoms with E-state index in [1.807, 2.05) is 0 Å². The van der Waals surface area contributed by atoms with Crippen LogP contribution in [0, 0.1) is 10.5 Å². The van der Waals surface area contributed by atoms with Crippen molar-refractivity contribution in [3.05, 3.63) is 68.8 Å². The first-order valence-electron chi connectivity index (χ1n) is 5.25. The summed E-state index contributed by atoms with van der Waals surface area (Å²) in [4.78, 5) is 0. The summed E-state index contributed by atoms with van der Waals surface area (Å²) in [6.45, 7) is 2.13. The van der Waals surface area contributed by atoms with Crippen LogP contribution in [0.15, 0.2) is 48.5 Å². The molecule has 0 heterocycles. The Kier molecular flexibility index (Phi) is 3.78. The normalized spacial score (nSPS) is 10.9. The molecule has 0 fully saturated rings. The maximum atomic E-state index is 2.33. The van der Waals surface area contributed by atoms with Crippen LogP contribution in [0.5, 0.6) is 0 Å². The van der Waals surface area contributed by atoms with Crippen LogP contribution in [0.3, 0.4) is 0 Å². The molecule has 0 aliphatic rings. The number of aryl methyl sites for hydroxylation is 1. The first kappa shape index (κ1) is 11.4. The fraction of sp³-hybridized carbons (Fsp3) is 0.0667. The van der Waals surface area contributed by atoms with Gasteiger partial charge >= 0.3 is 0 Å². The first-order valence-corrected chi connectivity index (χ1v) is 6.33. The van der Waals surface area contributed by atoms with Crippen LogP contribution in [-0.2, 0) is 0 Å². The zero-order chi connectivity index (χ0) is 11.4. The second-order valence-electron chi connectivity index (χ2n) is 3.74. The molecule has 0 saturated carbocycles. The topological polar surface area (TPSA) is 0 Å². The van der Waals surface area contributed by atoms with Crippen LogP contribution < -0.4 is 0 Å².